The number of hydrogen-bond acceptors (Lipinski definition) is 5. The summed E-state index contributed by atoms with van der Waals surface area (Å²) >= 11 is 3.02. The van der Waals surface area contributed by atoms with Crippen molar-refractivity contribution in [1.29, 1.82) is 0 Å². The number of aromatic nitrogens is 1. The molecule has 3 rings (SSSR count). The van der Waals surface area contributed by atoms with Gasteiger partial charge in [-0.05, 0) is 42.0 Å². The Morgan fingerprint density at radius 1 is 1.11 bits per heavy atom. The van der Waals surface area contributed by atoms with E-state index in [-0.39, 0.29) is 18.1 Å². The van der Waals surface area contributed by atoms with E-state index in [2.05, 4.69) is 10.3 Å². The van der Waals surface area contributed by atoms with Crippen molar-refractivity contribution in [2.45, 2.75) is 16.5 Å². The SMILES string of the molecule is NC(=O)c1ccc(NC(=O)Cc2csc(SCc3ccc(F)cc3)n2)cc1. The highest BCUT2D eigenvalue weighted by Crippen LogP contribution is 2.26. The van der Waals surface area contributed by atoms with Gasteiger partial charge in [0.2, 0.25) is 11.8 Å². The molecule has 27 heavy (non-hydrogen) atoms. The summed E-state index contributed by atoms with van der Waals surface area (Å²) in [5, 5.41) is 4.61. The Morgan fingerprint density at radius 3 is 2.48 bits per heavy atom. The standard InChI is InChI=1S/C19H16FN3O2S2/c20-14-5-1-12(2-6-14)10-26-19-23-16(11-27-19)9-17(24)22-15-7-3-13(4-8-15)18(21)25/h1-8,11H,9-10H2,(H2,21,25)(H,22,24). The van der Waals surface area contributed by atoms with Crippen LogP contribution >= 0.6 is 23.1 Å². The Balaban J connectivity index is 1.51. The number of anilines is 1. The molecule has 0 spiro atoms. The Hall–Kier alpha value is -2.71. The van der Waals surface area contributed by atoms with E-state index < -0.39 is 5.91 Å². The summed E-state index contributed by atoms with van der Waals surface area (Å²) in [5.74, 6) is -0.273. The summed E-state index contributed by atoms with van der Waals surface area (Å²) < 4.78 is 13.8. The molecule has 1 heterocycles. The van der Waals surface area contributed by atoms with Gasteiger partial charge in [-0.15, -0.1) is 11.3 Å². The molecule has 0 aliphatic heterocycles. The number of halogens is 1. The van der Waals surface area contributed by atoms with E-state index in [9.17, 15) is 14.0 Å². The second kappa shape index (κ2) is 8.79. The molecule has 3 aromatic rings. The van der Waals surface area contributed by atoms with E-state index >= 15 is 0 Å². The molecule has 0 radical (unpaired) electrons. The number of rotatable bonds is 7. The first-order valence-electron chi connectivity index (χ1n) is 8.01. The zero-order valence-electron chi connectivity index (χ0n) is 14.1. The Kier molecular flexibility index (Phi) is 6.20. The first-order valence-corrected chi connectivity index (χ1v) is 9.87. The molecule has 5 nitrogen and oxygen atoms in total. The second-order valence-corrected chi connectivity index (χ2v) is 7.77. The molecular weight excluding hydrogens is 385 g/mol. The predicted octanol–water partition coefficient (Wildman–Crippen LogP) is 3.85. The largest absolute Gasteiger partial charge is 0.366 e. The van der Waals surface area contributed by atoms with Crippen molar-refractivity contribution in [2.75, 3.05) is 5.32 Å². The van der Waals surface area contributed by atoms with Crippen LogP contribution in [0.3, 0.4) is 0 Å². The maximum Gasteiger partial charge on any atom is 0.248 e. The monoisotopic (exact) mass is 401 g/mol. The first kappa shape index (κ1) is 19.1. The van der Waals surface area contributed by atoms with Crippen molar-refractivity contribution in [2.24, 2.45) is 5.73 Å². The van der Waals surface area contributed by atoms with Gasteiger partial charge in [-0.25, -0.2) is 9.37 Å². The van der Waals surface area contributed by atoms with Crippen LogP contribution in [0.25, 0.3) is 0 Å². The Labute approximate surface area is 163 Å². The van der Waals surface area contributed by atoms with Crippen molar-refractivity contribution in [1.82, 2.24) is 4.98 Å². The molecule has 0 saturated heterocycles. The average Bonchev–Trinajstić information content (AvgIpc) is 3.09. The molecule has 0 aliphatic carbocycles. The minimum absolute atomic E-state index is 0.158. The van der Waals surface area contributed by atoms with Gasteiger partial charge in [-0.1, -0.05) is 23.9 Å². The van der Waals surface area contributed by atoms with Gasteiger partial charge >= 0.3 is 0 Å². The summed E-state index contributed by atoms with van der Waals surface area (Å²) in [7, 11) is 0. The molecule has 138 valence electrons. The number of nitrogens with one attached hydrogen (secondary N) is 1. The van der Waals surface area contributed by atoms with Crippen molar-refractivity contribution in [3.05, 3.63) is 76.5 Å². The molecule has 0 fully saturated rings. The highest BCUT2D eigenvalue weighted by molar-refractivity contribution is 8.00. The Morgan fingerprint density at radius 2 is 1.81 bits per heavy atom. The van der Waals surface area contributed by atoms with E-state index in [1.807, 2.05) is 5.38 Å². The number of nitrogens with two attached hydrogens (primary N) is 1. The van der Waals surface area contributed by atoms with Gasteiger partial charge in [0, 0.05) is 22.4 Å². The zero-order chi connectivity index (χ0) is 19.2. The second-order valence-electron chi connectivity index (χ2n) is 5.69. The van der Waals surface area contributed by atoms with Crippen molar-refractivity contribution < 1.29 is 14.0 Å². The number of thioether (sulfide) groups is 1. The highest BCUT2D eigenvalue weighted by Gasteiger charge is 2.09. The minimum Gasteiger partial charge on any atom is -0.366 e. The lowest BCUT2D eigenvalue weighted by molar-refractivity contribution is -0.115. The number of carbonyl (C=O) groups is 2. The average molecular weight is 401 g/mol. The van der Waals surface area contributed by atoms with Crippen LogP contribution in [0.5, 0.6) is 0 Å². The normalized spacial score (nSPS) is 10.6. The highest BCUT2D eigenvalue weighted by atomic mass is 32.2. The maximum atomic E-state index is 12.9. The van der Waals surface area contributed by atoms with Crippen molar-refractivity contribution in [3.8, 4) is 0 Å². The van der Waals surface area contributed by atoms with Crippen LogP contribution in [0.4, 0.5) is 10.1 Å². The maximum absolute atomic E-state index is 12.9. The molecule has 0 unspecified atom stereocenters. The van der Waals surface area contributed by atoms with Crippen LogP contribution in [0.2, 0.25) is 0 Å². The van der Waals surface area contributed by atoms with Crippen LogP contribution in [0.15, 0.2) is 58.3 Å². The summed E-state index contributed by atoms with van der Waals surface area (Å²) in [5.41, 5.74) is 7.86. The van der Waals surface area contributed by atoms with Gasteiger partial charge in [-0.2, -0.15) is 0 Å². The molecule has 2 amide bonds. The van der Waals surface area contributed by atoms with Crippen LogP contribution in [0, 0.1) is 5.82 Å². The summed E-state index contributed by atoms with van der Waals surface area (Å²) in [4.78, 5) is 27.6. The number of carbonyl (C=O) groups excluding carboxylic acids is 2. The molecular formula is C19H16FN3O2S2. The minimum atomic E-state index is -0.513. The third-order valence-electron chi connectivity index (χ3n) is 3.60. The molecule has 0 aliphatic rings. The lowest BCUT2D eigenvalue weighted by Crippen LogP contribution is -2.15. The van der Waals surface area contributed by atoms with Crippen LogP contribution < -0.4 is 11.1 Å². The lowest BCUT2D eigenvalue weighted by atomic mass is 10.2. The van der Waals surface area contributed by atoms with Gasteiger partial charge in [0.15, 0.2) is 0 Å². The molecule has 0 bridgehead atoms. The van der Waals surface area contributed by atoms with Crippen LogP contribution in [-0.2, 0) is 17.0 Å². The quantitative estimate of drug-likeness (QED) is 0.589. The molecule has 8 heteroatoms. The lowest BCUT2D eigenvalue weighted by Gasteiger charge is -2.04. The van der Waals surface area contributed by atoms with Gasteiger partial charge in [-0.3, -0.25) is 9.59 Å². The van der Waals surface area contributed by atoms with Gasteiger partial charge in [0.05, 0.1) is 12.1 Å². The number of hydrogen-bond donors (Lipinski definition) is 2. The molecule has 2 aromatic carbocycles. The summed E-state index contributed by atoms with van der Waals surface area (Å²) in [6.07, 6.45) is 0.158. The third-order valence-corrected chi connectivity index (χ3v) is 5.74. The van der Waals surface area contributed by atoms with Crippen LogP contribution in [-0.4, -0.2) is 16.8 Å². The molecule has 3 N–H and O–H groups in total. The van der Waals surface area contributed by atoms with E-state index in [1.165, 1.54) is 23.5 Å². The third kappa shape index (κ3) is 5.63. The number of primary amides is 1. The fourth-order valence-corrected chi connectivity index (χ4v) is 4.05. The van der Waals surface area contributed by atoms with Crippen molar-refractivity contribution >= 4 is 40.6 Å². The van der Waals surface area contributed by atoms with Gasteiger partial charge in [0.1, 0.15) is 10.2 Å². The summed E-state index contributed by atoms with van der Waals surface area (Å²) in [6.45, 7) is 0. The fraction of sp³-hybridized carbons (Fsp3) is 0.105. The molecule has 0 atom stereocenters. The first-order chi connectivity index (χ1) is 13.0. The number of amides is 2. The number of benzene rings is 2. The van der Waals surface area contributed by atoms with Crippen LogP contribution in [0.1, 0.15) is 21.6 Å². The predicted molar refractivity (Wildman–Crippen MR) is 105 cm³/mol. The fourth-order valence-electron chi connectivity index (χ4n) is 2.25. The van der Waals surface area contributed by atoms with Crippen molar-refractivity contribution in [3.63, 3.8) is 0 Å². The Bertz CT molecular complexity index is 940. The summed E-state index contributed by atoms with van der Waals surface area (Å²) in [6, 6.07) is 12.7. The van der Waals surface area contributed by atoms with E-state index in [0.29, 0.717) is 22.7 Å². The molecule has 0 saturated carbocycles. The van der Waals surface area contributed by atoms with E-state index in [0.717, 1.165) is 9.90 Å². The van der Waals surface area contributed by atoms with E-state index in [4.69, 9.17) is 5.73 Å². The molecule has 1 aromatic heterocycles. The number of thiazole rings is 1. The van der Waals surface area contributed by atoms with Gasteiger partial charge < -0.3 is 11.1 Å². The zero-order valence-corrected chi connectivity index (χ0v) is 15.8. The number of nitrogens with zero attached hydrogens (tertiary/aromatic N) is 1. The van der Waals surface area contributed by atoms with Gasteiger partial charge in [0.25, 0.3) is 0 Å². The smallest absolute Gasteiger partial charge is 0.248 e. The van der Waals surface area contributed by atoms with E-state index in [1.54, 1.807) is 48.2 Å². The topological polar surface area (TPSA) is 85.1 Å².